The highest BCUT2D eigenvalue weighted by Gasteiger charge is 2.06. The van der Waals surface area contributed by atoms with Crippen molar-refractivity contribution in [3.8, 4) is 0 Å². The summed E-state index contributed by atoms with van der Waals surface area (Å²) in [7, 11) is 3.98. The number of carbonyl (C=O) groups excluding carboxylic acids is 1. The van der Waals surface area contributed by atoms with Gasteiger partial charge in [-0.3, -0.25) is 4.79 Å². The van der Waals surface area contributed by atoms with Gasteiger partial charge in [-0.15, -0.1) is 0 Å². The zero-order valence-corrected chi connectivity index (χ0v) is 12.0. The maximum atomic E-state index is 11.3. The van der Waals surface area contributed by atoms with Crippen LogP contribution in [0.3, 0.4) is 0 Å². The Kier molecular flexibility index (Phi) is 5.66. The van der Waals surface area contributed by atoms with Crippen molar-refractivity contribution >= 4 is 11.6 Å². The Morgan fingerprint density at radius 1 is 1.53 bits per heavy atom. The zero-order chi connectivity index (χ0) is 14.4. The van der Waals surface area contributed by atoms with Crippen LogP contribution < -0.4 is 11.1 Å². The molecule has 0 aromatic carbocycles. The summed E-state index contributed by atoms with van der Waals surface area (Å²) < 4.78 is 0. The van der Waals surface area contributed by atoms with Crippen molar-refractivity contribution in [2.75, 3.05) is 26.0 Å². The van der Waals surface area contributed by atoms with Crippen molar-refractivity contribution in [2.45, 2.75) is 19.9 Å². The van der Waals surface area contributed by atoms with Crippen LogP contribution in [0.1, 0.15) is 24.3 Å². The third kappa shape index (κ3) is 5.19. The predicted molar refractivity (Wildman–Crippen MR) is 78.2 cm³/mol. The lowest BCUT2D eigenvalue weighted by molar-refractivity contribution is 0.101. The summed E-state index contributed by atoms with van der Waals surface area (Å²) >= 11 is 0. The van der Waals surface area contributed by atoms with E-state index < -0.39 is 0 Å². The molecule has 104 valence electrons. The molecule has 1 rings (SSSR count). The largest absolute Gasteiger partial charge is 0.347 e. The summed E-state index contributed by atoms with van der Waals surface area (Å²) in [5, 5.41) is 3.09. The average molecular weight is 262 g/mol. The summed E-state index contributed by atoms with van der Waals surface area (Å²) in [5.74, 6) is 0.595. The van der Waals surface area contributed by atoms with Crippen LogP contribution in [0.25, 0.3) is 0 Å². The molecule has 0 fully saturated rings. The molecule has 0 bridgehead atoms. The standard InChI is InChI=1S/C14H22N4O/c1-10(15)12(9-18(3)4)8-16-14-7-5-6-13(17-14)11(2)19/h5-8,10H,9,15H2,1-4H3,(H,16,17)/b12-8-. The maximum Gasteiger partial charge on any atom is 0.178 e. The van der Waals surface area contributed by atoms with E-state index in [0.717, 1.165) is 12.1 Å². The molecular formula is C14H22N4O. The summed E-state index contributed by atoms with van der Waals surface area (Å²) in [6, 6.07) is 5.28. The van der Waals surface area contributed by atoms with Crippen molar-refractivity contribution < 1.29 is 4.79 Å². The van der Waals surface area contributed by atoms with Gasteiger partial charge in [-0.05, 0) is 38.7 Å². The molecule has 0 amide bonds. The van der Waals surface area contributed by atoms with Crippen LogP contribution in [0, 0.1) is 0 Å². The molecule has 0 radical (unpaired) electrons. The molecule has 3 N–H and O–H groups in total. The minimum atomic E-state index is -0.0478. The van der Waals surface area contributed by atoms with Gasteiger partial charge in [-0.25, -0.2) is 4.98 Å². The fraction of sp³-hybridized carbons (Fsp3) is 0.429. The van der Waals surface area contributed by atoms with Gasteiger partial charge in [-0.2, -0.15) is 0 Å². The number of nitrogens with two attached hydrogens (primary N) is 1. The van der Waals surface area contributed by atoms with Gasteiger partial charge in [0.05, 0.1) is 0 Å². The van der Waals surface area contributed by atoms with Crippen molar-refractivity contribution in [3.63, 3.8) is 0 Å². The van der Waals surface area contributed by atoms with Gasteiger partial charge in [-0.1, -0.05) is 6.07 Å². The van der Waals surface area contributed by atoms with E-state index in [1.165, 1.54) is 6.92 Å². The highest BCUT2D eigenvalue weighted by atomic mass is 16.1. The van der Waals surface area contributed by atoms with E-state index in [0.29, 0.717) is 11.5 Å². The third-order valence-electron chi connectivity index (χ3n) is 2.60. The van der Waals surface area contributed by atoms with Gasteiger partial charge in [0.25, 0.3) is 0 Å². The number of aromatic nitrogens is 1. The van der Waals surface area contributed by atoms with Crippen LogP contribution in [0.5, 0.6) is 0 Å². The van der Waals surface area contributed by atoms with Gasteiger partial charge >= 0.3 is 0 Å². The molecule has 0 aliphatic rings. The Morgan fingerprint density at radius 2 is 2.21 bits per heavy atom. The van der Waals surface area contributed by atoms with Gasteiger partial charge in [0, 0.05) is 25.7 Å². The Labute approximate surface area is 114 Å². The highest BCUT2D eigenvalue weighted by Crippen LogP contribution is 2.08. The van der Waals surface area contributed by atoms with E-state index >= 15 is 0 Å². The quantitative estimate of drug-likeness (QED) is 0.760. The molecule has 5 nitrogen and oxygen atoms in total. The smallest absolute Gasteiger partial charge is 0.178 e. The average Bonchev–Trinajstić information content (AvgIpc) is 2.34. The second-order valence-corrected chi connectivity index (χ2v) is 4.85. The predicted octanol–water partition coefficient (Wildman–Crippen LogP) is 1.49. The van der Waals surface area contributed by atoms with Crippen LogP contribution in [0.4, 0.5) is 5.82 Å². The van der Waals surface area contributed by atoms with Gasteiger partial charge in [0.1, 0.15) is 11.5 Å². The zero-order valence-electron chi connectivity index (χ0n) is 12.0. The first-order valence-corrected chi connectivity index (χ1v) is 6.24. The van der Waals surface area contributed by atoms with Gasteiger partial charge in [0.2, 0.25) is 0 Å². The maximum absolute atomic E-state index is 11.3. The van der Waals surface area contributed by atoms with Crippen molar-refractivity contribution in [1.82, 2.24) is 9.88 Å². The molecule has 19 heavy (non-hydrogen) atoms. The fourth-order valence-corrected chi connectivity index (χ4v) is 1.56. The number of hydrogen-bond acceptors (Lipinski definition) is 5. The van der Waals surface area contributed by atoms with Gasteiger partial charge < -0.3 is 16.0 Å². The lowest BCUT2D eigenvalue weighted by atomic mass is 10.1. The lowest BCUT2D eigenvalue weighted by Gasteiger charge is -2.16. The number of Topliss-reactive ketones (excluding diaryl/α,β-unsaturated/α-hetero) is 1. The first-order chi connectivity index (χ1) is 8.90. The SMILES string of the molecule is CC(=O)c1cccc(N/C=C(/CN(C)C)C(C)N)n1. The van der Waals surface area contributed by atoms with Crippen LogP contribution >= 0.6 is 0 Å². The Bertz CT molecular complexity index is 466. The molecule has 1 unspecified atom stereocenters. The number of nitrogens with zero attached hydrogens (tertiary/aromatic N) is 2. The normalized spacial score (nSPS) is 13.5. The first-order valence-electron chi connectivity index (χ1n) is 6.24. The van der Waals surface area contributed by atoms with E-state index in [1.54, 1.807) is 12.1 Å². The van der Waals surface area contributed by atoms with Crippen LogP contribution in [0.2, 0.25) is 0 Å². The van der Waals surface area contributed by atoms with Gasteiger partial charge in [0.15, 0.2) is 5.78 Å². The number of rotatable bonds is 6. The fourth-order valence-electron chi connectivity index (χ4n) is 1.56. The molecule has 0 spiro atoms. The molecule has 5 heteroatoms. The molecule has 1 atom stereocenters. The second-order valence-electron chi connectivity index (χ2n) is 4.85. The summed E-state index contributed by atoms with van der Waals surface area (Å²) in [5.41, 5.74) is 7.44. The number of likely N-dealkylation sites (N-methyl/N-ethyl adjacent to an activating group) is 1. The minimum Gasteiger partial charge on any atom is -0.347 e. The number of pyridine rings is 1. The first kappa shape index (κ1) is 15.3. The molecule has 1 heterocycles. The lowest BCUT2D eigenvalue weighted by Crippen LogP contribution is -2.27. The number of nitrogens with one attached hydrogen (secondary N) is 1. The number of anilines is 1. The Hall–Kier alpha value is -1.72. The Balaban J connectivity index is 2.82. The molecule has 0 aliphatic heterocycles. The summed E-state index contributed by atoms with van der Waals surface area (Å²) in [6.07, 6.45) is 1.86. The van der Waals surface area contributed by atoms with Crippen LogP contribution in [0.15, 0.2) is 30.0 Å². The highest BCUT2D eigenvalue weighted by molar-refractivity contribution is 5.92. The van der Waals surface area contributed by atoms with E-state index in [-0.39, 0.29) is 11.8 Å². The van der Waals surface area contributed by atoms with Crippen LogP contribution in [-0.4, -0.2) is 42.3 Å². The van der Waals surface area contributed by atoms with Crippen molar-refractivity contribution in [3.05, 3.63) is 35.7 Å². The minimum absolute atomic E-state index is 0.0362. The molecule has 1 aromatic heterocycles. The van der Waals surface area contributed by atoms with E-state index in [2.05, 4.69) is 15.2 Å². The van der Waals surface area contributed by atoms with Crippen LogP contribution in [-0.2, 0) is 0 Å². The summed E-state index contributed by atoms with van der Waals surface area (Å²) in [4.78, 5) is 17.5. The number of ketones is 1. The molecular weight excluding hydrogens is 240 g/mol. The molecule has 0 saturated heterocycles. The molecule has 0 saturated carbocycles. The Morgan fingerprint density at radius 3 is 2.74 bits per heavy atom. The molecule has 0 aliphatic carbocycles. The van der Waals surface area contributed by atoms with Crippen molar-refractivity contribution in [2.24, 2.45) is 5.73 Å². The number of hydrogen-bond donors (Lipinski definition) is 2. The monoisotopic (exact) mass is 262 g/mol. The second kappa shape index (κ2) is 7.01. The van der Waals surface area contributed by atoms with E-state index in [1.807, 2.05) is 33.3 Å². The van der Waals surface area contributed by atoms with E-state index in [4.69, 9.17) is 5.73 Å². The summed E-state index contributed by atoms with van der Waals surface area (Å²) in [6.45, 7) is 4.22. The third-order valence-corrected chi connectivity index (χ3v) is 2.60. The topological polar surface area (TPSA) is 71.2 Å². The van der Waals surface area contributed by atoms with E-state index in [9.17, 15) is 4.79 Å². The molecule has 1 aromatic rings. The number of carbonyl (C=O) groups is 1. The van der Waals surface area contributed by atoms with Crippen molar-refractivity contribution in [1.29, 1.82) is 0 Å².